The second-order valence-electron chi connectivity index (χ2n) is 12.3. The van der Waals surface area contributed by atoms with E-state index in [-0.39, 0.29) is 41.8 Å². The van der Waals surface area contributed by atoms with Crippen molar-refractivity contribution in [3.8, 4) is 5.88 Å². The fraction of sp³-hybridized carbons (Fsp3) is 0.567. The summed E-state index contributed by atoms with van der Waals surface area (Å²) < 4.78 is 56.7. The van der Waals surface area contributed by atoms with E-state index < -0.39 is 74.8 Å². The zero-order valence-corrected chi connectivity index (χ0v) is 28.9. The fourth-order valence-corrected chi connectivity index (χ4v) is 6.57. The van der Waals surface area contributed by atoms with Gasteiger partial charge in [0.25, 0.3) is 0 Å². The number of aliphatic hydroxyl groups excluding tert-OH is 1. The van der Waals surface area contributed by atoms with Crippen molar-refractivity contribution in [3.63, 3.8) is 0 Å². The van der Waals surface area contributed by atoms with E-state index in [0.717, 1.165) is 0 Å². The van der Waals surface area contributed by atoms with E-state index >= 15 is 0 Å². The molecule has 0 saturated carbocycles. The van der Waals surface area contributed by atoms with Crippen LogP contribution in [0.4, 0.5) is 16.0 Å². The normalized spacial score (nSPS) is 22.7. The van der Waals surface area contributed by atoms with Crippen LogP contribution >= 0.6 is 7.75 Å². The van der Waals surface area contributed by atoms with Gasteiger partial charge in [-0.25, -0.2) is 19.0 Å². The Morgan fingerprint density at radius 3 is 2.51 bits per heavy atom. The number of nitrogens with zero attached hydrogens (tertiary/aromatic N) is 4. The van der Waals surface area contributed by atoms with Gasteiger partial charge < -0.3 is 35.5 Å². The number of halogens is 1. The third kappa shape index (κ3) is 9.48. The molecule has 2 aromatic heterocycles. The number of ether oxygens (including phenoxy) is 3. The number of aromatic nitrogens is 4. The van der Waals surface area contributed by atoms with E-state index in [4.69, 9.17) is 29.0 Å². The molecule has 6 atom stereocenters. The molecule has 1 aliphatic heterocycles. The van der Waals surface area contributed by atoms with Gasteiger partial charge >= 0.3 is 13.7 Å². The molecule has 1 fully saturated rings. The number of imidazole rings is 1. The van der Waals surface area contributed by atoms with Crippen molar-refractivity contribution in [1.29, 1.82) is 0 Å². The lowest BCUT2D eigenvalue weighted by Crippen LogP contribution is -2.44. The van der Waals surface area contributed by atoms with Gasteiger partial charge in [-0.1, -0.05) is 13.8 Å². The second-order valence-corrected chi connectivity index (χ2v) is 14.1. The van der Waals surface area contributed by atoms with E-state index in [1.807, 2.05) is 13.8 Å². The standard InChI is InChI=1S/C30H43FN7O10P/c1-16(2)13-20(27(41)47-17(3)4)37-49(43,45-12-11-22(39)34-19-9-7-18(31)8-10-19)46-14-21-24(40)30(5,42)28(48-21)38-15-33-23-25(38)35-29(32)36-26(23)44-6/h7-10,15-17,20-21,24,28,40,42H,11-14H2,1-6H3,(H,34,39)(H,37,43)(H2,32,35,36)/t20-,21+,24+,28+,30+,49?/m0/s1. The van der Waals surface area contributed by atoms with Crippen molar-refractivity contribution in [1.82, 2.24) is 24.6 Å². The van der Waals surface area contributed by atoms with Gasteiger partial charge in [0.2, 0.25) is 17.7 Å². The number of methoxy groups -OCH3 is 1. The molecule has 1 unspecified atom stereocenters. The van der Waals surface area contributed by atoms with Crippen LogP contribution in [0.1, 0.15) is 53.7 Å². The number of carbonyl (C=O) groups is 2. The van der Waals surface area contributed by atoms with Crippen LogP contribution < -0.4 is 20.9 Å². The third-order valence-electron chi connectivity index (χ3n) is 7.39. The van der Waals surface area contributed by atoms with Crippen molar-refractivity contribution in [2.75, 3.05) is 31.4 Å². The number of carbonyl (C=O) groups excluding carboxylic acids is 2. The molecule has 4 rings (SSSR count). The van der Waals surface area contributed by atoms with Crippen molar-refractivity contribution in [2.24, 2.45) is 5.92 Å². The number of fused-ring (bicyclic) bond motifs is 1. The lowest BCUT2D eigenvalue weighted by atomic mass is 9.96. The fourth-order valence-electron chi connectivity index (χ4n) is 5.08. The average molecular weight is 712 g/mol. The number of esters is 1. The lowest BCUT2D eigenvalue weighted by Gasteiger charge is -2.28. The number of hydrogen-bond acceptors (Lipinski definition) is 14. The molecule has 6 N–H and O–H groups in total. The molecule has 49 heavy (non-hydrogen) atoms. The smallest absolute Gasteiger partial charge is 0.406 e. The summed E-state index contributed by atoms with van der Waals surface area (Å²) in [5.41, 5.74) is 4.58. The van der Waals surface area contributed by atoms with Gasteiger partial charge in [0.1, 0.15) is 29.7 Å². The zero-order valence-electron chi connectivity index (χ0n) is 28.0. The number of nitrogen functional groups attached to an aromatic ring is 1. The minimum atomic E-state index is -4.46. The highest BCUT2D eigenvalue weighted by Crippen LogP contribution is 2.47. The van der Waals surface area contributed by atoms with Crippen LogP contribution in [0.2, 0.25) is 0 Å². The Hall–Kier alpha value is -3.77. The van der Waals surface area contributed by atoms with Crippen molar-refractivity contribution < 1.29 is 52.0 Å². The first-order valence-corrected chi connectivity index (χ1v) is 17.1. The van der Waals surface area contributed by atoms with Gasteiger partial charge in [-0.05, 0) is 57.4 Å². The van der Waals surface area contributed by atoms with E-state index in [9.17, 15) is 28.8 Å². The average Bonchev–Trinajstić information content (AvgIpc) is 3.53. The van der Waals surface area contributed by atoms with Gasteiger partial charge in [-0.3, -0.25) is 23.2 Å². The molecule has 1 aliphatic rings. The first-order valence-electron chi connectivity index (χ1n) is 15.6. The minimum absolute atomic E-state index is 0.0514. The molecular formula is C30H43FN7O10P. The number of aliphatic hydroxyl groups is 2. The zero-order chi connectivity index (χ0) is 36.1. The Balaban J connectivity index is 1.53. The molecule has 0 radical (unpaired) electrons. The summed E-state index contributed by atoms with van der Waals surface area (Å²) in [4.78, 5) is 37.9. The Labute approximate surface area is 282 Å². The number of benzene rings is 1. The Morgan fingerprint density at radius 1 is 1.18 bits per heavy atom. The van der Waals surface area contributed by atoms with Crippen molar-refractivity contribution in [3.05, 3.63) is 36.4 Å². The van der Waals surface area contributed by atoms with Crippen LogP contribution in [0, 0.1) is 11.7 Å². The van der Waals surface area contributed by atoms with Gasteiger partial charge in [0.05, 0.1) is 39.2 Å². The van der Waals surface area contributed by atoms with Gasteiger partial charge in [0, 0.05) is 5.69 Å². The van der Waals surface area contributed by atoms with Gasteiger partial charge in [0.15, 0.2) is 17.4 Å². The predicted molar refractivity (Wildman–Crippen MR) is 174 cm³/mol. The first-order chi connectivity index (χ1) is 23.0. The number of rotatable bonds is 16. The van der Waals surface area contributed by atoms with E-state index in [1.165, 1.54) is 49.2 Å². The maximum Gasteiger partial charge on any atom is 0.406 e. The molecular weight excluding hydrogens is 668 g/mol. The van der Waals surface area contributed by atoms with Crippen LogP contribution in [-0.2, 0) is 32.7 Å². The maximum absolute atomic E-state index is 14.2. The molecule has 3 heterocycles. The molecule has 3 aromatic rings. The quantitative estimate of drug-likeness (QED) is 0.106. The summed E-state index contributed by atoms with van der Waals surface area (Å²) in [6.45, 7) is 7.33. The van der Waals surface area contributed by atoms with Crippen LogP contribution in [0.15, 0.2) is 30.6 Å². The summed E-state index contributed by atoms with van der Waals surface area (Å²) in [5.74, 6) is -1.80. The van der Waals surface area contributed by atoms with Crippen LogP contribution in [0.5, 0.6) is 5.88 Å². The molecule has 1 aromatic carbocycles. The molecule has 17 nitrogen and oxygen atoms in total. The largest absolute Gasteiger partial charge is 0.479 e. The van der Waals surface area contributed by atoms with Crippen molar-refractivity contribution >= 4 is 42.4 Å². The summed E-state index contributed by atoms with van der Waals surface area (Å²) in [6, 6.07) is 3.98. The van der Waals surface area contributed by atoms with Crippen LogP contribution in [-0.4, -0.2) is 91.9 Å². The molecule has 1 amide bonds. The minimum Gasteiger partial charge on any atom is -0.479 e. The van der Waals surface area contributed by atoms with Gasteiger partial charge in [-0.2, -0.15) is 9.97 Å². The van der Waals surface area contributed by atoms with Crippen molar-refractivity contribution in [2.45, 2.75) is 83.6 Å². The number of anilines is 2. The SMILES string of the molecule is COc1nc(N)nc2c1ncn2[C@@H]1O[C@H](COP(=O)(N[C@@H](CC(C)C)C(=O)OC(C)C)OCCC(=O)Nc2ccc(F)cc2)[C@@H](O)[C@@]1(C)O. The second kappa shape index (κ2) is 15.8. The topological polar surface area (TPSA) is 231 Å². The number of hydrogen-bond donors (Lipinski definition) is 5. The highest BCUT2D eigenvalue weighted by Gasteiger charge is 2.54. The summed E-state index contributed by atoms with van der Waals surface area (Å²) in [5, 5.41) is 27.7. The van der Waals surface area contributed by atoms with E-state index in [1.54, 1.807) is 13.8 Å². The lowest BCUT2D eigenvalue weighted by molar-refractivity contribution is -0.150. The third-order valence-corrected chi connectivity index (χ3v) is 9.03. The maximum atomic E-state index is 14.2. The Bertz CT molecular complexity index is 1660. The molecule has 270 valence electrons. The number of amides is 1. The monoisotopic (exact) mass is 711 g/mol. The summed E-state index contributed by atoms with van der Waals surface area (Å²) >= 11 is 0. The molecule has 0 bridgehead atoms. The van der Waals surface area contributed by atoms with Crippen LogP contribution in [0.25, 0.3) is 11.2 Å². The number of nitrogens with one attached hydrogen (secondary N) is 2. The highest BCUT2D eigenvalue weighted by molar-refractivity contribution is 7.51. The first kappa shape index (κ1) is 38.0. The Morgan fingerprint density at radius 2 is 1.88 bits per heavy atom. The van der Waals surface area contributed by atoms with Crippen LogP contribution in [0.3, 0.4) is 0 Å². The van der Waals surface area contributed by atoms with Gasteiger partial charge in [-0.15, -0.1) is 0 Å². The molecule has 1 saturated heterocycles. The Kier molecular flexibility index (Phi) is 12.3. The molecule has 19 heteroatoms. The van der Waals surface area contributed by atoms with E-state index in [2.05, 4.69) is 25.4 Å². The summed E-state index contributed by atoms with van der Waals surface area (Å²) in [7, 11) is -3.08. The highest BCUT2D eigenvalue weighted by atomic mass is 31.2. The summed E-state index contributed by atoms with van der Waals surface area (Å²) in [6.07, 6.45) is -3.43. The van der Waals surface area contributed by atoms with E-state index in [0.29, 0.717) is 5.69 Å². The molecule has 0 aliphatic carbocycles. The molecule has 0 spiro atoms. The predicted octanol–water partition coefficient (Wildman–Crippen LogP) is 2.69. The number of nitrogens with two attached hydrogens (primary N) is 1.